The number of nitrogen functional groups attached to an aromatic ring is 1. The summed E-state index contributed by atoms with van der Waals surface area (Å²) in [5, 5.41) is 8.73. The smallest absolute Gasteiger partial charge is 0.203 e. The summed E-state index contributed by atoms with van der Waals surface area (Å²) in [6, 6.07) is 4.38. The van der Waals surface area contributed by atoms with Crippen LogP contribution in [0.2, 0.25) is 0 Å². The van der Waals surface area contributed by atoms with Crippen molar-refractivity contribution in [1.29, 1.82) is 0 Å². The summed E-state index contributed by atoms with van der Waals surface area (Å²) in [4.78, 5) is 0. The predicted octanol–water partition coefficient (Wildman–Crippen LogP) is 1.86. The van der Waals surface area contributed by atoms with Gasteiger partial charge in [0.25, 0.3) is 0 Å². The molecule has 0 saturated carbocycles. The molecule has 1 heterocycles. The van der Waals surface area contributed by atoms with Crippen molar-refractivity contribution in [2.45, 2.75) is 6.42 Å². The maximum atomic E-state index is 13.1. The van der Waals surface area contributed by atoms with Gasteiger partial charge in [-0.3, -0.25) is 0 Å². The fraction of sp³-hybridized carbons (Fsp3) is 0.200. The van der Waals surface area contributed by atoms with E-state index in [-0.39, 0.29) is 5.82 Å². The number of rotatable bonds is 3. The summed E-state index contributed by atoms with van der Waals surface area (Å²) < 4.78 is 18.2. The Kier molecular flexibility index (Phi) is 3.00. The zero-order chi connectivity index (χ0) is 11.5. The van der Waals surface area contributed by atoms with Gasteiger partial charge in [-0.05, 0) is 18.2 Å². The highest BCUT2D eigenvalue weighted by molar-refractivity contribution is 7.15. The zero-order valence-electron chi connectivity index (χ0n) is 8.61. The lowest BCUT2D eigenvalue weighted by molar-refractivity contribution is 0.409. The third kappa shape index (κ3) is 2.27. The molecule has 0 fully saturated rings. The summed E-state index contributed by atoms with van der Waals surface area (Å²) in [5.41, 5.74) is 6.21. The number of aromatic nitrogens is 2. The fourth-order valence-electron chi connectivity index (χ4n) is 1.39. The number of anilines is 1. The van der Waals surface area contributed by atoms with Crippen LogP contribution in [0.5, 0.6) is 5.75 Å². The van der Waals surface area contributed by atoms with E-state index in [0.717, 1.165) is 10.6 Å². The van der Waals surface area contributed by atoms with Gasteiger partial charge in [-0.2, -0.15) is 0 Å². The molecule has 0 unspecified atom stereocenters. The molecule has 16 heavy (non-hydrogen) atoms. The Bertz CT molecular complexity index is 501. The first-order valence-corrected chi connectivity index (χ1v) is 5.41. The Morgan fingerprint density at radius 3 is 2.88 bits per heavy atom. The second-order valence-electron chi connectivity index (χ2n) is 3.17. The molecule has 0 aliphatic rings. The van der Waals surface area contributed by atoms with Crippen LogP contribution in [0.25, 0.3) is 0 Å². The topological polar surface area (TPSA) is 61.0 Å². The minimum absolute atomic E-state index is 0.298. The molecule has 0 atom stereocenters. The van der Waals surface area contributed by atoms with Crippen molar-refractivity contribution in [2.75, 3.05) is 12.8 Å². The van der Waals surface area contributed by atoms with E-state index in [9.17, 15) is 4.39 Å². The number of nitrogens with two attached hydrogens (primary N) is 1. The third-order valence-electron chi connectivity index (χ3n) is 2.07. The van der Waals surface area contributed by atoms with Crippen molar-refractivity contribution < 1.29 is 9.13 Å². The largest absolute Gasteiger partial charge is 0.496 e. The van der Waals surface area contributed by atoms with Crippen LogP contribution in [-0.2, 0) is 6.42 Å². The van der Waals surface area contributed by atoms with E-state index in [2.05, 4.69) is 10.2 Å². The zero-order valence-corrected chi connectivity index (χ0v) is 9.42. The molecular weight excluding hydrogens is 229 g/mol. The van der Waals surface area contributed by atoms with Crippen molar-refractivity contribution in [3.63, 3.8) is 0 Å². The first-order valence-electron chi connectivity index (χ1n) is 4.59. The minimum atomic E-state index is -0.298. The average molecular weight is 239 g/mol. The van der Waals surface area contributed by atoms with Gasteiger partial charge in [0.05, 0.1) is 7.11 Å². The number of halogens is 1. The van der Waals surface area contributed by atoms with Gasteiger partial charge in [0.2, 0.25) is 5.13 Å². The second-order valence-corrected chi connectivity index (χ2v) is 4.26. The standard InChI is InChI=1S/C10H10FN3OS/c1-15-8-3-2-7(11)4-6(8)5-9-13-14-10(12)16-9/h2-4H,5H2,1H3,(H2,12,14). The van der Waals surface area contributed by atoms with Crippen LogP contribution in [0.3, 0.4) is 0 Å². The van der Waals surface area contributed by atoms with Gasteiger partial charge in [-0.1, -0.05) is 11.3 Å². The lowest BCUT2D eigenvalue weighted by Gasteiger charge is -2.06. The highest BCUT2D eigenvalue weighted by Gasteiger charge is 2.08. The molecule has 0 aliphatic carbocycles. The lowest BCUT2D eigenvalue weighted by Crippen LogP contribution is -1.94. The number of methoxy groups -OCH3 is 1. The first-order chi connectivity index (χ1) is 7.69. The molecule has 2 N–H and O–H groups in total. The Labute approximate surface area is 95.9 Å². The molecular formula is C10H10FN3OS. The molecule has 1 aromatic heterocycles. The number of nitrogens with zero attached hydrogens (tertiary/aromatic N) is 2. The van der Waals surface area contributed by atoms with Crippen LogP contribution in [0.15, 0.2) is 18.2 Å². The van der Waals surface area contributed by atoms with E-state index < -0.39 is 0 Å². The van der Waals surface area contributed by atoms with E-state index in [1.54, 1.807) is 13.2 Å². The first kappa shape index (κ1) is 10.8. The Hall–Kier alpha value is -1.69. The van der Waals surface area contributed by atoms with Crippen LogP contribution in [0, 0.1) is 5.82 Å². The van der Waals surface area contributed by atoms with Gasteiger partial charge in [0, 0.05) is 12.0 Å². The van der Waals surface area contributed by atoms with Crippen molar-refractivity contribution in [3.8, 4) is 5.75 Å². The molecule has 2 rings (SSSR count). The van der Waals surface area contributed by atoms with Crippen LogP contribution in [0.1, 0.15) is 10.6 Å². The third-order valence-corrected chi connectivity index (χ3v) is 2.82. The van der Waals surface area contributed by atoms with Gasteiger partial charge >= 0.3 is 0 Å². The molecule has 0 saturated heterocycles. The van der Waals surface area contributed by atoms with Crippen molar-refractivity contribution >= 4 is 16.5 Å². The van der Waals surface area contributed by atoms with E-state index in [0.29, 0.717) is 17.3 Å². The number of hydrogen-bond donors (Lipinski definition) is 1. The number of benzene rings is 1. The molecule has 0 amide bonds. The monoisotopic (exact) mass is 239 g/mol. The maximum Gasteiger partial charge on any atom is 0.203 e. The summed E-state index contributed by atoms with van der Waals surface area (Å²) in [5.74, 6) is 0.337. The Morgan fingerprint density at radius 2 is 2.25 bits per heavy atom. The molecule has 1 aromatic carbocycles. The van der Waals surface area contributed by atoms with Crippen molar-refractivity contribution in [3.05, 3.63) is 34.6 Å². The molecule has 0 radical (unpaired) electrons. The molecule has 2 aromatic rings. The van der Waals surface area contributed by atoms with Crippen LogP contribution < -0.4 is 10.5 Å². The van der Waals surface area contributed by atoms with Crippen LogP contribution >= 0.6 is 11.3 Å². The normalized spacial score (nSPS) is 10.4. The molecule has 0 aliphatic heterocycles. The Balaban J connectivity index is 2.29. The molecule has 84 valence electrons. The fourth-order valence-corrected chi connectivity index (χ4v) is 2.02. The quantitative estimate of drug-likeness (QED) is 0.888. The van der Waals surface area contributed by atoms with Gasteiger partial charge < -0.3 is 10.5 Å². The lowest BCUT2D eigenvalue weighted by atomic mass is 10.1. The van der Waals surface area contributed by atoms with Crippen molar-refractivity contribution in [1.82, 2.24) is 10.2 Å². The highest BCUT2D eigenvalue weighted by Crippen LogP contribution is 2.24. The average Bonchev–Trinajstić information content (AvgIpc) is 2.64. The summed E-state index contributed by atoms with van der Waals surface area (Å²) in [6.45, 7) is 0. The highest BCUT2D eigenvalue weighted by atomic mass is 32.1. The van der Waals surface area contributed by atoms with Gasteiger partial charge in [-0.25, -0.2) is 4.39 Å². The van der Waals surface area contributed by atoms with E-state index in [4.69, 9.17) is 10.5 Å². The second kappa shape index (κ2) is 4.44. The summed E-state index contributed by atoms with van der Waals surface area (Å²) >= 11 is 1.29. The molecule has 0 bridgehead atoms. The molecule has 4 nitrogen and oxygen atoms in total. The predicted molar refractivity (Wildman–Crippen MR) is 60.1 cm³/mol. The minimum Gasteiger partial charge on any atom is -0.496 e. The van der Waals surface area contributed by atoms with Crippen LogP contribution in [0.4, 0.5) is 9.52 Å². The van der Waals surface area contributed by atoms with Gasteiger partial charge in [0.15, 0.2) is 0 Å². The molecule has 0 spiro atoms. The SMILES string of the molecule is COc1ccc(F)cc1Cc1nnc(N)s1. The Morgan fingerprint density at radius 1 is 1.44 bits per heavy atom. The van der Waals surface area contributed by atoms with Gasteiger partial charge in [0.1, 0.15) is 16.6 Å². The summed E-state index contributed by atoms with van der Waals surface area (Å²) in [6.07, 6.45) is 0.468. The van der Waals surface area contributed by atoms with E-state index in [1.807, 2.05) is 0 Å². The molecule has 6 heteroatoms. The maximum absolute atomic E-state index is 13.1. The van der Waals surface area contributed by atoms with Crippen molar-refractivity contribution in [2.24, 2.45) is 0 Å². The summed E-state index contributed by atoms with van der Waals surface area (Å²) in [7, 11) is 1.55. The number of ether oxygens (including phenoxy) is 1. The van der Waals surface area contributed by atoms with E-state index >= 15 is 0 Å². The van der Waals surface area contributed by atoms with E-state index in [1.165, 1.54) is 23.5 Å². The van der Waals surface area contributed by atoms with Crippen LogP contribution in [-0.4, -0.2) is 17.3 Å². The number of hydrogen-bond acceptors (Lipinski definition) is 5. The van der Waals surface area contributed by atoms with Gasteiger partial charge in [-0.15, -0.1) is 10.2 Å².